The largest absolute Gasteiger partial charge is 0.360 e. The molecule has 1 unspecified atom stereocenters. The number of rotatable bonds is 6. The predicted octanol–water partition coefficient (Wildman–Crippen LogP) is 1.96. The number of anilines is 1. The zero-order chi connectivity index (χ0) is 17.2. The average molecular weight is 370 g/mol. The van der Waals surface area contributed by atoms with Gasteiger partial charge in [0, 0.05) is 26.1 Å². The molecule has 0 amide bonds. The molecule has 2 heterocycles. The fraction of sp³-hybridized carbons (Fsp3) is 0.467. The molecule has 2 aromatic rings. The van der Waals surface area contributed by atoms with Gasteiger partial charge in [-0.1, -0.05) is 29.5 Å². The van der Waals surface area contributed by atoms with E-state index < -0.39 is 10.0 Å². The van der Waals surface area contributed by atoms with E-state index in [1.165, 1.54) is 28.0 Å². The van der Waals surface area contributed by atoms with Crippen LogP contribution < -0.4 is 5.32 Å². The number of benzene rings is 1. The third-order valence-corrected chi connectivity index (χ3v) is 6.18. The molecule has 1 fully saturated rings. The van der Waals surface area contributed by atoms with Gasteiger partial charge in [0.05, 0.1) is 6.26 Å². The minimum atomic E-state index is -3.11. The van der Waals surface area contributed by atoms with Gasteiger partial charge in [-0.2, -0.15) is 0 Å². The molecule has 1 saturated heterocycles. The van der Waals surface area contributed by atoms with Crippen molar-refractivity contribution < 1.29 is 12.8 Å². The van der Waals surface area contributed by atoms with Crippen LogP contribution in [0.4, 0.5) is 9.52 Å². The van der Waals surface area contributed by atoms with Crippen LogP contribution in [-0.2, 0) is 16.4 Å². The SMILES string of the molecule is CS(=O)(=O)N1CCC(CNc2nnc(Cc3ccccc3F)s2)C1. The Morgan fingerprint density at radius 2 is 2.17 bits per heavy atom. The van der Waals surface area contributed by atoms with Gasteiger partial charge in [0.15, 0.2) is 0 Å². The van der Waals surface area contributed by atoms with Crippen molar-refractivity contribution in [3.8, 4) is 0 Å². The lowest BCUT2D eigenvalue weighted by atomic mass is 10.1. The van der Waals surface area contributed by atoms with E-state index in [1.54, 1.807) is 18.2 Å². The topological polar surface area (TPSA) is 75.2 Å². The number of nitrogens with zero attached hydrogens (tertiary/aromatic N) is 3. The number of hydrogen-bond donors (Lipinski definition) is 1. The molecule has 0 saturated carbocycles. The molecule has 1 atom stereocenters. The highest BCUT2D eigenvalue weighted by Crippen LogP contribution is 2.22. The highest BCUT2D eigenvalue weighted by molar-refractivity contribution is 7.88. The maximum Gasteiger partial charge on any atom is 0.211 e. The Hall–Kier alpha value is -1.58. The molecule has 1 N–H and O–H groups in total. The van der Waals surface area contributed by atoms with Crippen molar-refractivity contribution in [1.29, 1.82) is 0 Å². The maximum atomic E-state index is 13.7. The summed E-state index contributed by atoms with van der Waals surface area (Å²) in [5, 5.41) is 12.8. The molecule has 0 bridgehead atoms. The summed E-state index contributed by atoms with van der Waals surface area (Å²) >= 11 is 1.39. The normalized spacial score (nSPS) is 18.8. The monoisotopic (exact) mass is 370 g/mol. The Morgan fingerprint density at radius 1 is 1.38 bits per heavy atom. The van der Waals surface area contributed by atoms with Crippen LogP contribution in [-0.4, -0.2) is 48.8 Å². The average Bonchev–Trinajstić information content (AvgIpc) is 3.16. The molecule has 6 nitrogen and oxygen atoms in total. The fourth-order valence-electron chi connectivity index (χ4n) is 2.70. The molecular weight excluding hydrogens is 351 g/mol. The van der Waals surface area contributed by atoms with E-state index in [0.717, 1.165) is 11.4 Å². The first-order valence-electron chi connectivity index (χ1n) is 7.66. The molecule has 3 rings (SSSR count). The first-order chi connectivity index (χ1) is 11.4. The molecule has 1 aliphatic rings. The van der Waals surface area contributed by atoms with Gasteiger partial charge < -0.3 is 5.32 Å². The van der Waals surface area contributed by atoms with Crippen LogP contribution in [0.5, 0.6) is 0 Å². The van der Waals surface area contributed by atoms with Crippen LogP contribution >= 0.6 is 11.3 Å². The molecule has 24 heavy (non-hydrogen) atoms. The number of nitrogens with one attached hydrogen (secondary N) is 1. The predicted molar refractivity (Wildman–Crippen MR) is 92.1 cm³/mol. The van der Waals surface area contributed by atoms with E-state index in [-0.39, 0.29) is 11.7 Å². The first kappa shape index (κ1) is 17.2. The number of sulfonamides is 1. The van der Waals surface area contributed by atoms with E-state index in [4.69, 9.17) is 0 Å². The third-order valence-electron chi connectivity index (χ3n) is 4.03. The summed E-state index contributed by atoms with van der Waals surface area (Å²) < 4.78 is 38.2. The van der Waals surface area contributed by atoms with Crippen molar-refractivity contribution >= 4 is 26.5 Å². The van der Waals surface area contributed by atoms with Gasteiger partial charge in [-0.15, -0.1) is 10.2 Å². The van der Waals surface area contributed by atoms with Gasteiger partial charge in [-0.05, 0) is 24.0 Å². The first-order valence-corrected chi connectivity index (χ1v) is 10.3. The van der Waals surface area contributed by atoms with E-state index in [1.807, 2.05) is 0 Å². The summed E-state index contributed by atoms with van der Waals surface area (Å²) in [6.07, 6.45) is 2.49. The lowest BCUT2D eigenvalue weighted by Crippen LogP contribution is -2.28. The molecule has 0 radical (unpaired) electrons. The van der Waals surface area contributed by atoms with Crippen molar-refractivity contribution in [2.45, 2.75) is 12.8 Å². The van der Waals surface area contributed by atoms with E-state index in [0.29, 0.717) is 36.8 Å². The van der Waals surface area contributed by atoms with E-state index in [2.05, 4.69) is 15.5 Å². The zero-order valence-electron chi connectivity index (χ0n) is 13.3. The van der Waals surface area contributed by atoms with Crippen molar-refractivity contribution in [1.82, 2.24) is 14.5 Å². The van der Waals surface area contributed by atoms with Crippen molar-refractivity contribution in [3.63, 3.8) is 0 Å². The molecule has 1 aromatic heterocycles. The minimum absolute atomic E-state index is 0.242. The second-order valence-electron chi connectivity index (χ2n) is 5.93. The van der Waals surface area contributed by atoms with Crippen LogP contribution in [0.3, 0.4) is 0 Å². The maximum absolute atomic E-state index is 13.7. The minimum Gasteiger partial charge on any atom is -0.360 e. The number of halogens is 1. The van der Waals surface area contributed by atoms with Crippen LogP contribution in [0.2, 0.25) is 0 Å². The van der Waals surface area contributed by atoms with Crippen LogP contribution in [0, 0.1) is 11.7 Å². The molecule has 0 aliphatic carbocycles. The summed E-state index contributed by atoms with van der Waals surface area (Å²) in [7, 11) is -3.11. The van der Waals surface area contributed by atoms with Crippen LogP contribution in [0.25, 0.3) is 0 Å². The molecule has 1 aliphatic heterocycles. The molecule has 9 heteroatoms. The Kier molecular flexibility index (Phi) is 5.12. The third kappa shape index (κ3) is 4.28. The van der Waals surface area contributed by atoms with Gasteiger partial charge >= 0.3 is 0 Å². The smallest absolute Gasteiger partial charge is 0.211 e. The van der Waals surface area contributed by atoms with Gasteiger partial charge in [0.2, 0.25) is 15.2 Å². The van der Waals surface area contributed by atoms with Gasteiger partial charge in [0.25, 0.3) is 0 Å². The molecule has 0 spiro atoms. The summed E-state index contributed by atoms with van der Waals surface area (Å²) in [6.45, 7) is 1.76. The van der Waals surface area contributed by atoms with E-state index >= 15 is 0 Å². The van der Waals surface area contributed by atoms with Crippen molar-refractivity contribution in [2.75, 3.05) is 31.2 Å². The summed E-state index contributed by atoms with van der Waals surface area (Å²) in [5.74, 6) is 0.0210. The summed E-state index contributed by atoms with van der Waals surface area (Å²) in [6, 6.07) is 6.63. The van der Waals surface area contributed by atoms with Gasteiger partial charge in [0.1, 0.15) is 10.8 Å². The Bertz CT molecular complexity index is 809. The van der Waals surface area contributed by atoms with Crippen LogP contribution in [0.15, 0.2) is 24.3 Å². The molecule has 1 aromatic carbocycles. The highest BCUT2D eigenvalue weighted by atomic mass is 32.2. The molecular formula is C15H19FN4O2S2. The summed E-state index contributed by atoms with van der Waals surface area (Å²) in [4.78, 5) is 0. The lowest BCUT2D eigenvalue weighted by Gasteiger charge is -2.13. The zero-order valence-corrected chi connectivity index (χ0v) is 14.9. The Balaban J connectivity index is 1.53. The lowest BCUT2D eigenvalue weighted by molar-refractivity contribution is 0.466. The van der Waals surface area contributed by atoms with Gasteiger partial charge in [-0.3, -0.25) is 0 Å². The molecule has 130 valence electrons. The Labute approximate surface area is 144 Å². The second kappa shape index (κ2) is 7.12. The number of aromatic nitrogens is 2. The fourth-order valence-corrected chi connectivity index (χ4v) is 4.39. The quantitative estimate of drug-likeness (QED) is 0.841. The standard InChI is InChI=1S/C15H19FN4O2S2/c1-24(21,22)20-7-6-11(10-20)9-17-15-19-18-14(23-15)8-12-4-2-3-5-13(12)16/h2-5,11H,6-10H2,1H3,(H,17,19). The summed E-state index contributed by atoms with van der Waals surface area (Å²) in [5.41, 5.74) is 0.597. The van der Waals surface area contributed by atoms with Crippen LogP contribution in [0.1, 0.15) is 17.0 Å². The van der Waals surface area contributed by atoms with E-state index in [9.17, 15) is 12.8 Å². The van der Waals surface area contributed by atoms with Gasteiger partial charge in [-0.25, -0.2) is 17.1 Å². The Morgan fingerprint density at radius 3 is 2.88 bits per heavy atom. The number of hydrogen-bond acceptors (Lipinski definition) is 6. The van der Waals surface area contributed by atoms with Crippen molar-refractivity contribution in [3.05, 3.63) is 40.7 Å². The highest BCUT2D eigenvalue weighted by Gasteiger charge is 2.28. The van der Waals surface area contributed by atoms with Crippen molar-refractivity contribution in [2.24, 2.45) is 5.92 Å². The second-order valence-corrected chi connectivity index (χ2v) is 8.97.